The molecule has 1 aliphatic heterocycles. The number of benzene rings is 2. The standard InChI is InChI=1S/C19H18N2O6/c22-14-8-9-15(16(12-14)17(23)13-6-2-1-3-7-13)18(21(25)26)27-19(24)20-10-4-5-11-20/h1-3,6-9,12,18,22H,4-5,10-11H2. The van der Waals surface area contributed by atoms with Gasteiger partial charge in [-0.1, -0.05) is 30.3 Å². The van der Waals surface area contributed by atoms with E-state index < -0.39 is 23.0 Å². The minimum absolute atomic E-state index is 0.0841. The Balaban J connectivity index is 1.96. The van der Waals surface area contributed by atoms with Gasteiger partial charge in [-0.25, -0.2) is 4.79 Å². The molecule has 27 heavy (non-hydrogen) atoms. The summed E-state index contributed by atoms with van der Waals surface area (Å²) in [4.78, 5) is 37.2. The molecule has 1 fully saturated rings. The molecule has 0 aliphatic carbocycles. The van der Waals surface area contributed by atoms with Crippen molar-refractivity contribution in [2.24, 2.45) is 0 Å². The zero-order valence-electron chi connectivity index (χ0n) is 14.4. The number of nitro groups is 1. The van der Waals surface area contributed by atoms with Crippen LogP contribution in [0.15, 0.2) is 48.5 Å². The van der Waals surface area contributed by atoms with Crippen LogP contribution in [0.3, 0.4) is 0 Å². The van der Waals surface area contributed by atoms with Crippen molar-refractivity contribution in [2.75, 3.05) is 13.1 Å². The normalized spacial score (nSPS) is 14.6. The van der Waals surface area contributed by atoms with Crippen molar-refractivity contribution in [2.45, 2.75) is 19.1 Å². The molecular formula is C19H18N2O6. The second-order valence-electron chi connectivity index (χ2n) is 6.18. The highest BCUT2D eigenvalue weighted by atomic mass is 16.7. The van der Waals surface area contributed by atoms with E-state index in [1.807, 2.05) is 0 Å². The van der Waals surface area contributed by atoms with E-state index in [9.17, 15) is 24.8 Å². The minimum Gasteiger partial charge on any atom is -0.508 e. The maximum absolute atomic E-state index is 12.8. The molecule has 140 valence electrons. The van der Waals surface area contributed by atoms with Crippen LogP contribution in [0.2, 0.25) is 0 Å². The zero-order chi connectivity index (χ0) is 19.4. The van der Waals surface area contributed by atoms with E-state index in [-0.39, 0.29) is 16.9 Å². The molecule has 1 heterocycles. The maximum atomic E-state index is 12.8. The van der Waals surface area contributed by atoms with Gasteiger partial charge in [0.25, 0.3) is 0 Å². The van der Waals surface area contributed by atoms with Crippen LogP contribution in [-0.2, 0) is 4.74 Å². The van der Waals surface area contributed by atoms with Crippen molar-refractivity contribution < 1.29 is 24.4 Å². The molecule has 1 amide bonds. The van der Waals surface area contributed by atoms with Gasteiger partial charge in [-0.05, 0) is 31.0 Å². The highest BCUT2D eigenvalue weighted by Gasteiger charge is 2.34. The first-order valence-corrected chi connectivity index (χ1v) is 8.49. The molecule has 0 aromatic heterocycles. The van der Waals surface area contributed by atoms with Gasteiger partial charge in [0, 0.05) is 24.2 Å². The quantitative estimate of drug-likeness (QED) is 0.375. The lowest BCUT2D eigenvalue weighted by Gasteiger charge is -2.19. The molecule has 1 aliphatic rings. The van der Waals surface area contributed by atoms with Crippen LogP contribution in [0.5, 0.6) is 5.75 Å². The van der Waals surface area contributed by atoms with Crippen LogP contribution >= 0.6 is 0 Å². The van der Waals surface area contributed by atoms with Crippen LogP contribution in [-0.4, -0.2) is 39.9 Å². The lowest BCUT2D eigenvalue weighted by molar-refractivity contribution is -0.575. The summed E-state index contributed by atoms with van der Waals surface area (Å²) in [6, 6.07) is 11.8. The van der Waals surface area contributed by atoms with Crippen LogP contribution in [0.4, 0.5) is 4.79 Å². The SMILES string of the molecule is O=C(c1ccccc1)c1cc(O)ccc1C(OC(=O)N1CCCC1)[N+](=O)[O-]. The lowest BCUT2D eigenvalue weighted by Crippen LogP contribution is -2.32. The van der Waals surface area contributed by atoms with Gasteiger partial charge in [0.05, 0.1) is 10.5 Å². The van der Waals surface area contributed by atoms with E-state index in [1.54, 1.807) is 30.3 Å². The molecule has 0 radical (unpaired) electrons. The van der Waals surface area contributed by atoms with Gasteiger partial charge < -0.3 is 14.7 Å². The third kappa shape index (κ3) is 4.05. The fourth-order valence-electron chi connectivity index (χ4n) is 2.99. The van der Waals surface area contributed by atoms with Gasteiger partial charge in [-0.15, -0.1) is 0 Å². The summed E-state index contributed by atoms with van der Waals surface area (Å²) in [7, 11) is 0. The molecule has 8 nitrogen and oxygen atoms in total. The number of ketones is 1. The molecule has 3 rings (SSSR count). The monoisotopic (exact) mass is 370 g/mol. The van der Waals surface area contributed by atoms with E-state index in [4.69, 9.17) is 4.74 Å². The summed E-state index contributed by atoms with van der Waals surface area (Å²) in [6.45, 7) is 0.962. The first-order valence-electron chi connectivity index (χ1n) is 8.49. The molecule has 8 heteroatoms. The van der Waals surface area contributed by atoms with Gasteiger partial charge in [-0.2, -0.15) is 0 Å². The third-order valence-electron chi connectivity index (χ3n) is 4.35. The second-order valence-corrected chi connectivity index (χ2v) is 6.18. The van der Waals surface area contributed by atoms with Gasteiger partial charge >= 0.3 is 12.3 Å². The van der Waals surface area contributed by atoms with E-state index in [2.05, 4.69) is 0 Å². The van der Waals surface area contributed by atoms with Gasteiger partial charge in [0.1, 0.15) is 5.75 Å². The van der Waals surface area contributed by atoms with Gasteiger partial charge in [0.15, 0.2) is 5.78 Å². The molecule has 2 aromatic carbocycles. The number of aromatic hydroxyl groups is 1. The fourth-order valence-corrected chi connectivity index (χ4v) is 2.99. The van der Waals surface area contributed by atoms with Crippen molar-refractivity contribution in [1.82, 2.24) is 4.90 Å². The molecule has 1 unspecified atom stereocenters. The van der Waals surface area contributed by atoms with Crippen LogP contribution in [0.1, 0.15) is 40.6 Å². The number of carbonyl (C=O) groups excluding carboxylic acids is 2. The average molecular weight is 370 g/mol. The van der Waals surface area contributed by atoms with E-state index in [0.29, 0.717) is 18.7 Å². The Hall–Kier alpha value is -3.42. The van der Waals surface area contributed by atoms with Crippen molar-refractivity contribution in [3.05, 3.63) is 75.3 Å². The van der Waals surface area contributed by atoms with E-state index in [1.165, 1.54) is 17.0 Å². The van der Waals surface area contributed by atoms with E-state index >= 15 is 0 Å². The second kappa shape index (κ2) is 7.86. The number of phenols is 1. The number of carbonyl (C=O) groups is 2. The molecule has 0 saturated carbocycles. The Morgan fingerprint density at radius 3 is 2.41 bits per heavy atom. The van der Waals surface area contributed by atoms with E-state index in [0.717, 1.165) is 18.9 Å². The summed E-state index contributed by atoms with van der Waals surface area (Å²) < 4.78 is 5.10. The Labute approximate surface area is 155 Å². The topological polar surface area (TPSA) is 110 Å². The number of likely N-dealkylation sites (tertiary alicyclic amines) is 1. The van der Waals surface area contributed by atoms with Crippen LogP contribution in [0.25, 0.3) is 0 Å². The molecule has 1 atom stereocenters. The number of amides is 1. The highest BCUT2D eigenvalue weighted by Crippen LogP contribution is 2.28. The summed E-state index contributed by atoms with van der Waals surface area (Å²) in [5.41, 5.74) is 0.133. The predicted molar refractivity (Wildman–Crippen MR) is 95.0 cm³/mol. The van der Waals surface area contributed by atoms with Crippen molar-refractivity contribution in [1.29, 1.82) is 0 Å². The Bertz CT molecular complexity index is 862. The Morgan fingerprint density at radius 1 is 1.11 bits per heavy atom. The molecule has 2 aromatic rings. The Kier molecular flexibility index (Phi) is 5.35. The number of hydrogen-bond donors (Lipinski definition) is 1. The number of nitrogens with zero attached hydrogens (tertiary/aromatic N) is 2. The summed E-state index contributed by atoms with van der Waals surface area (Å²) in [6.07, 6.45) is -1.01. The first kappa shape index (κ1) is 18.4. The molecule has 0 bridgehead atoms. The number of phenolic OH excluding ortho intramolecular Hbond substituents is 1. The van der Waals surface area contributed by atoms with Gasteiger partial charge in [0.2, 0.25) is 0 Å². The van der Waals surface area contributed by atoms with Gasteiger partial charge in [-0.3, -0.25) is 14.9 Å². The predicted octanol–water partition coefficient (Wildman–Crippen LogP) is 3.13. The fraction of sp³-hybridized carbons (Fsp3) is 0.263. The van der Waals surface area contributed by atoms with Crippen molar-refractivity contribution in [3.63, 3.8) is 0 Å². The zero-order valence-corrected chi connectivity index (χ0v) is 14.4. The number of hydrogen-bond acceptors (Lipinski definition) is 6. The van der Waals surface area contributed by atoms with Crippen molar-refractivity contribution in [3.8, 4) is 5.75 Å². The molecular weight excluding hydrogens is 352 g/mol. The van der Waals surface area contributed by atoms with Crippen molar-refractivity contribution >= 4 is 11.9 Å². The third-order valence-corrected chi connectivity index (χ3v) is 4.35. The molecule has 0 spiro atoms. The average Bonchev–Trinajstić information content (AvgIpc) is 3.21. The number of rotatable bonds is 5. The van der Waals surface area contributed by atoms with Crippen LogP contribution < -0.4 is 0 Å². The smallest absolute Gasteiger partial charge is 0.415 e. The summed E-state index contributed by atoms with van der Waals surface area (Å²) in [5, 5.41) is 21.4. The maximum Gasteiger partial charge on any atom is 0.415 e. The lowest BCUT2D eigenvalue weighted by atomic mass is 9.97. The number of ether oxygens (including phenoxy) is 1. The molecule has 1 saturated heterocycles. The summed E-state index contributed by atoms with van der Waals surface area (Å²) >= 11 is 0. The van der Waals surface area contributed by atoms with Crippen LogP contribution in [0, 0.1) is 10.1 Å². The summed E-state index contributed by atoms with van der Waals surface area (Å²) in [5.74, 6) is -0.725. The minimum atomic E-state index is -1.85. The highest BCUT2D eigenvalue weighted by molar-refractivity contribution is 6.10. The Morgan fingerprint density at radius 2 is 1.78 bits per heavy atom. The first-order chi connectivity index (χ1) is 13.0. The molecule has 1 N–H and O–H groups in total. The largest absolute Gasteiger partial charge is 0.508 e.